The van der Waals surface area contributed by atoms with Gasteiger partial charge in [0.1, 0.15) is 6.04 Å². The molecule has 1 atom stereocenters. The average molecular weight is 247 g/mol. The summed E-state index contributed by atoms with van der Waals surface area (Å²) in [5.74, 6) is -1.57. The van der Waals surface area contributed by atoms with E-state index in [4.69, 9.17) is 5.11 Å². The van der Waals surface area contributed by atoms with Gasteiger partial charge in [-0.2, -0.15) is 0 Å². The Balaban J connectivity index is 2.25. The third-order valence-corrected chi connectivity index (χ3v) is 2.99. The number of amides is 1. The summed E-state index contributed by atoms with van der Waals surface area (Å²) in [6.45, 7) is -0.120. The molecule has 1 aromatic carbocycles. The van der Waals surface area contributed by atoms with E-state index in [1.807, 2.05) is 0 Å². The maximum atomic E-state index is 12.2. The van der Waals surface area contributed by atoms with Crippen molar-refractivity contribution in [3.05, 3.63) is 35.9 Å². The standard InChI is InChI=1S/C13H13NO4/c15-10-6-7-11(13(17)18)14(8-10)12(16)9-4-2-1-3-5-9/h1-5,11H,6-8H2,(H,17,18). The van der Waals surface area contributed by atoms with Crippen LogP contribution in [0.15, 0.2) is 30.3 Å². The lowest BCUT2D eigenvalue weighted by molar-refractivity contribution is -0.144. The van der Waals surface area contributed by atoms with Crippen molar-refractivity contribution in [2.24, 2.45) is 0 Å². The van der Waals surface area contributed by atoms with E-state index in [-0.39, 0.29) is 25.2 Å². The number of carboxylic acid groups (broad SMARTS) is 1. The summed E-state index contributed by atoms with van der Waals surface area (Å²) in [6.07, 6.45) is 0.405. The number of aliphatic carboxylic acids is 1. The summed E-state index contributed by atoms with van der Waals surface area (Å²) in [4.78, 5) is 35.8. The topological polar surface area (TPSA) is 74.7 Å². The van der Waals surface area contributed by atoms with Crippen LogP contribution in [0.3, 0.4) is 0 Å². The Morgan fingerprint density at radius 2 is 1.89 bits per heavy atom. The number of carbonyl (C=O) groups is 3. The highest BCUT2D eigenvalue weighted by Gasteiger charge is 2.35. The molecule has 1 aromatic rings. The molecule has 1 fully saturated rings. The molecule has 1 aliphatic rings. The molecule has 18 heavy (non-hydrogen) atoms. The molecule has 1 aliphatic heterocycles. The van der Waals surface area contributed by atoms with E-state index in [0.29, 0.717) is 5.56 Å². The number of likely N-dealkylation sites (tertiary alicyclic amines) is 1. The summed E-state index contributed by atoms with van der Waals surface area (Å²) in [5.41, 5.74) is 0.401. The number of rotatable bonds is 2. The van der Waals surface area contributed by atoms with Crippen molar-refractivity contribution in [1.82, 2.24) is 4.90 Å². The second kappa shape index (κ2) is 5.00. The van der Waals surface area contributed by atoms with Gasteiger partial charge in [0.2, 0.25) is 0 Å². The number of nitrogens with zero attached hydrogens (tertiary/aromatic N) is 1. The van der Waals surface area contributed by atoms with Gasteiger partial charge in [0.15, 0.2) is 5.78 Å². The van der Waals surface area contributed by atoms with Crippen LogP contribution in [0.4, 0.5) is 0 Å². The summed E-state index contributed by atoms with van der Waals surface area (Å²) in [5, 5.41) is 9.09. The molecule has 0 aliphatic carbocycles. The molecular formula is C13H13NO4. The van der Waals surface area contributed by atoms with E-state index < -0.39 is 17.9 Å². The Bertz CT molecular complexity index is 483. The first-order chi connectivity index (χ1) is 8.59. The van der Waals surface area contributed by atoms with Crippen molar-refractivity contribution in [1.29, 1.82) is 0 Å². The van der Waals surface area contributed by atoms with Crippen molar-refractivity contribution in [3.63, 3.8) is 0 Å². The Kier molecular flexibility index (Phi) is 3.41. The molecule has 1 amide bonds. The van der Waals surface area contributed by atoms with Crippen LogP contribution in [-0.4, -0.2) is 40.3 Å². The predicted molar refractivity (Wildman–Crippen MR) is 63.1 cm³/mol. The fourth-order valence-electron chi connectivity index (χ4n) is 2.05. The first kappa shape index (κ1) is 12.3. The highest BCUT2D eigenvalue weighted by atomic mass is 16.4. The maximum Gasteiger partial charge on any atom is 0.326 e. The number of carboxylic acids is 1. The molecule has 0 bridgehead atoms. The van der Waals surface area contributed by atoms with Crippen molar-refractivity contribution in [3.8, 4) is 0 Å². The van der Waals surface area contributed by atoms with Gasteiger partial charge in [0.25, 0.3) is 5.91 Å². The lowest BCUT2D eigenvalue weighted by atomic mass is 10.00. The molecule has 1 saturated heterocycles. The van der Waals surface area contributed by atoms with Crippen LogP contribution < -0.4 is 0 Å². The average Bonchev–Trinajstić information content (AvgIpc) is 2.38. The number of hydrogen-bond donors (Lipinski definition) is 1. The molecule has 5 nitrogen and oxygen atoms in total. The van der Waals surface area contributed by atoms with Gasteiger partial charge in [-0.15, -0.1) is 0 Å². The van der Waals surface area contributed by atoms with Crippen molar-refractivity contribution in [2.45, 2.75) is 18.9 Å². The minimum Gasteiger partial charge on any atom is -0.480 e. The lowest BCUT2D eigenvalue weighted by Crippen LogP contribution is -2.50. The Morgan fingerprint density at radius 1 is 1.22 bits per heavy atom. The highest BCUT2D eigenvalue weighted by molar-refractivity contribution is 6.00. The van der Waals surface area contributed by atoms with Gasteiger partial charge >= 0.3 is 5.97 Å². The minimum absolute atomic E-state index is 0.100. The normalized spacial score (nSPS) is 19.7. The number of piperidine rings is 1. The Hall–Kier alpha value is -2.17. The van der Waals surface area contributed by atoms with Gasteiger partial charge in [-0.1, -0.05) is 18.2 Å². The van der Waals surface area contributed by atoms with E-state index in [2.05, 4.69) is 0 Å². The van der Waals surface area contributed by atoms with Crippen LogP contribution in [0.2, 0.25) is 0 Å². The molecule has 0 saturated carbocycles. The molecule has 2 rings (SSSR count). The van der Waals surface area contributed by atoms with Gasteiger partial charge in [0, 0.05) is 12.0 Å². The first-order valence-corrected chi connectivity index (χ1v) is 5.70. The van der Waals surface area contributed by atoms with Gasteiger partial charge in [-0.3, -0.25) is 9.59 Å². The van der Waals surface area contributed by atoms with E-state index in [1.165, 1.54) is 0 Å². The number of carbonyl (C=O) groups excluding carboxylic acids is 2. The van der Waals surface area contributed by atoms with Crippen molar-refractivity contribution >= 4 is 17.7 Å². The number of ketones is 1. The van der Waals surface area contributed by atoms with Gasteiger partial charge < -0.3 is 10.0 Å². The molecule has 1 heterocycles. The monoisotopic (exact) mass is 247 g/mol. The predicted octanol–water partition coefficient (Wildman–Crippen LogP) is 0.945. The zero-order valence-electron chi connectivity index (χ0n) is 9.70. The van der Waals surface area contributed by atoms with Gasteiger partial charge in [-0.25, -0.2) is 4.79 Å². The second-order valence-electron chi connectivity index (χ2n) is 4.23. The van der Waals surface area contributed by atoms with Crippen molar-refractivity contribution < 1.29 is 19.5 Å². The van der Waals surface area contributed by atoms with Crippen LogP contribution in [-0.2, 0) is 9.59 Å². The zero-order chi connectivity index (χ0) is 13.1. The summed E-state index contributed by atoms with van der Waals surface area (Å²) in [6, 6.07) is 7.49. The van der Waals surface area contributed by atoms with E-state index >= 15 is 0 Å². The summed E-state index contributed by atoms with van der Waals surface area (Å²) >= 11 is 0. The highest BCUT2D eigenvalue weighted by Crippen LogP contribution is 2.18. The van der Waals surface area contributed by atoms with Crippen LogP contribution in [0.1, 0.15) is 23.2 Å². The molecule has 0 spiro atoms. The van der Waals surface area contributed by atoms with Crippen LogP contribution in [0.5, 0.6) is 0 Å². The third kappa shape index (κ3) is 2.40. The van der Waals surface area contributed by atoms with E-state index in [1.54, 1.807) is 30.3 Å². The molecular weight excluding hydrogens is 234 g/mol. The van der Waals surface area contributed by atoms with Gasteiger partial charge in [-0.05, 0) is 18.6 Å². The minimum atomic E-state index is -1.06. The van der Waals surface area contributed by atoms with Gasteiger partial charge in [0.05, 0.1) is 6.54 Å². The third-order valence-electron chi connectivity index (χ3n) is 2.99. The first-order valence-electron chi connectivity index (χ1n) is 5.70. The second-order valence-corrected chi connectivity index (χ2v) is 4.23. The zero-order valence-corrected chi connectivity index (χ0v) is 9.70. The maximum absolute atomic E-state index is 12.2. The smallest absolute Gasteiger partial charge is 0.326 e. The quantitative estimate of drug-likeness (QED) is 0.844. The van der Waals surface area contributed by atoms with E-state index in [9.17, 15) is 14.4 Å². The SMILES string of the molecule is O=C1CCC(C(=O)O)N(C(=O)c2ccccc2)C1. The largest absolute Gasteiger partial charge is 0.480 e. The van der Waals surface area contributed by atoms with Crippen LogP contribution in [0.25, 0.3) is 0 Å². The van der Waals surface area contributed by atoms with Crippen LogP contribution in [0, 0.1) is 0 Å². The number of benzene rings is 1. The molecule has 1 N–H and O–H groups in total. The fourth-order valence-corrected chi connectivity index (χ4v) is 2.05. The van der Waals surface area contributed by atoms with E-state index in [0.717, 1.165) is 4.90 Å². The molecule has 0 radical (unpaired) electrons. The Morgan fingerprint density at radius 3 is 2.50 bits per heavy atom. The molecule has 0 aromatic heterocycles. The Labute approximate surface area is 104 Å². The fraction of sp³-hybridized carbons (Fsp3) is 0.308. The van der Waals surface area contributed by atoms with Crippen LogP contribution >= 0.6 is 0 Å². The number of hydrogen-bond acceptors (Lipinski definition) is 3. The summed E-state index contributed by atoms with van der Waals surface area (Å²) in [7, 11) is 0. The molecule has 1 unspecified atom stereocenters. The summed E-state index contributed by atoms with van der Waals surface area (Å²) < 4.78 is 0. The number of Topliss-reactive ketones (excluding diaryl/α,β-unsaturated/α-hetero) is 1. The lowest BCUT2D eigenvalue weighted by Gasteiger charge is -2.32. The molecule has 94 valence electrons. The van der Waals surface area contributed by atoms with Crippen molar-refractivity contribution in [2.75, 3.05) is 6.54 Å². The molecule has 5 heteroatoms.